The van der Waals surface area contributed by atoms with Gasteiger partial charge in [-0.1, -0.05) is 27.7 Å². The first-order chi connectivity index (χ1) is 11.4. The molecule has 1 aromatic rings. The maximum Gasteiger partial charge on any atom is 0.0372 e. The SMILES string of the molecule is CCC(C)N(c1ccc(N(C(C)CC)C(C)CC)cc1)C(C)CC. The second kappa shape index (κ2) is 9.96. The van der Waals surface area contributed by atoms with Crippen LogP contribution in [0.15, 0.2) is 24.3 Å². The van der Waals surface area contributed by atoms with E-state index in [1.54, 1.807) is 0 Å². The molecule has 1 aromatic carbocycles. The van der Waals surface area contributed by atoms with Crippen LogP contribution in [0.2, 0.25) is 0 Å². The Morgan fingerprint density at radius 2 is 0.750 bits per heavy atom. The minimum absolute atomic E-state index is 0.575. The van der Waals surface area contributed by atoms with Crippen LogP contribution in [-0.2, 0) is 0 Å². The molecule has 0 aliphatic rings. The van der Waals surface area contributed by atoms with Crippen LogP contribution >= 0.6 is 0 Å². The van der Waals surface area contributed by atoms with Crippen LogP contribution in [0.3, 0.4) is 0 Å². The van der Waals surface area contributed by atoms with Gasteiger partial charge in [0.2, 0.25) is 0 Å². The van der Waals surface area contributed by atoms with Crippen molar-refractivity contribution in [3.63, 3.8) is 0 Å². The highest BCUT2D eigenvalue weighted by Crippen LogP contribution is 2.28. The summed E-state index contributed by atoms with van der Waals surface area (Å²) in [5.74, 6) is 0. The zero-order valence-electron chi connectivity index (χ0n) is 17.3. The van der Waals surface area contributed by atoms with E-state index in [0.717, 1.165) is 0 Å². The quantitative estimate of drug-likeness (QED) is 0.483. The van der Waals surface area contributed by atoms with Crippen LogP contribution in [0.4, 0.5) is 11.4 Å². The minimum Gasteiger partial charge on any atom is -0.366 e. The lowest BCUT2D eigenvalue weighted by Gasteiger charge is -2.38. The van der Waals surface area contributed by atoms with E-state index in [9.17, 15) is 0 Å². The number of rotatable bonds is 10. The third-order valence-electron chi connectivity index (χ3n) is 5.71. The summed E-state index contributed by atoms with van der Waals surface area (Å²) in [7, 11) is 0. The maximum absolute atomic E-state index is 2.58. The second-order valence-electron chi connectivity index (χ2n) is 7.36. The van der Waals surface area contributed by atoms with Crippen molar-refractivity contribution in [3.05, 3.63) is 24.3 Å². The summed E-state index contributed by atoms with van der Waals surface area (Å²) in [4.78, 5) is 5.17. The van der Waals surface area contributed by atoms with Gasteiger partial charge in [0.1, 0.15) is 0 Å². The van der Waals surface area contributed by atoms with Gasteiger partial charge < -0.3 is 9.80 Å². The average molecular weight is 333 g/mol. The normalized spacial score (nSPS) is 16.3. The molecule has 2 heteroatoms. The van der Waals surface area contributed by atoms with Crippen molar-refractivity contribution in [1.82, 2.24) is 0 Å². The van der Waals surface area contributed by atoms with E-state index in [2.05, 4.69) is 89.5 Å². The molecule has 0 aromatic heterocycles. The molecule has 4 unspecified atom stereocenters. The van der Waals surface area contributed by atoms with Crippen LogP contribution in [0.1, 0.15) is 81.1 Å². The third-order valence-corrected chi connectivity index (χ3v) is 5.71. The highest BCUT2D eigenvalue weighted by atomic mass is 15.2. The first kappa shape index (κ1) is 20.9. The van der Waals surface area contributed by atoms with Crippen LogP contribution in [0.25, 0.3) is 0 Å². The average Bonchev–Trinajstić information content (AvgIpc) is 2.62. The van der Waals surface area contributed by atoms with Crippen molar-refractivity contribution in [1.29, 1.82) is 0 Å². The summed E-state index contributed by atoms with van der Waals surface area (Å²) in [5, 5.41) is 0. The Hall–Kier alpha value is -1.18. The van der Waals surface area contributed by atoms with Crippen molar-refractivity contribution in [2.24, 2.45) is 0 Å². The van der Waals surface area contributed by atoms with E-state index in [0.29, 0.717) is 24.2 Å². The Balaban J connectivity index is 3.12. The van der Waals surface area contributed by atoms with Gasteiger partial charge in [-0.25, -0.2) is 0 Å². The largest absolute Gasteiger partial charge is 0.366 e. The fourth-order valence-corrected chi connectivity index (χ4v) is 3.47. The first-order valence-corrected chi connectivity index (χ1v) is 10.1. The van der Waals surface area contributed by atoms with Gasteiger partial charge in [-0.15, -0.1) is 0 Å². The van der Waals surface area contributed by atoms with Gasteiger partial charge in [0.15, 0.2) is 0 Å². The lowest BCUT2D eigenvalue weighted by Crippen LogP contribution is -2.41. The first-order valence-electron chi connectivity index (χ1n) is 10.1. The van der Waals surface area contributed by atoms with Crippen molar-refractivity contribution in [2.75, 3.05) is 9.80 Å². The van der Waals surface area contributed by atoms with Gasteiger partial charge in [-0.2, -0.15) is 0 Å². The van der Waals surface area contributed by atoms with Gasteiger partial charge in [0, 0.05) is 35.5 Å². The zero-order valence-corrected chi connectivity index (χ0v) is 17.3. The van der Waals surface area contributed by atoms with Crippen LogP contribution in [0, 0.1) is 0 Å². The molecule has 4 atom stereocenters. The molecule has 0 saturated heterocycles. The molecule has 138 valence electrons. The van der Waals surface area contributed by atoms with E-state index in [4.69, 9.17) is 0 Å². The molecular weight excluding hydrogens is 292 g/mol. The van der Waals surface area contributed by atoms with Gasteiger partial charge in [-0.05, 0) is 77.6 Å². The summed E-state index contributed by atoms with van der Waals surface area (Å²) in [6.07, 6.45) is 4.71. The summed E-state index contributed by atoms with van der Waals surface area (Å²) < 4.78 is 0. The van der Waals surface area contributed by atoms with E-state index >= 15 is 0 Å². The van der Waals surface area contributed by atoms with Gasteiger partial charge in [-0.3, -0.25) is 0 Å². The molecule has 0 bridgehead atoms. The highest BCUT2D eigenvalue weighted by Gasteiger charge is 2.21. The smallest absolute Gasteiger partial charge is 0.0372 e. The summed E-state index contributed by atoms with van der Waals surface area (Å²) in [6.45, 7) is 18.5. The Morgan fingerprint density at radius 3 is 0.917 bits per heavy atom. The van der Waals surface area contributed by atoms with Crippen LogP contribution in [0.5, 0.6) is 0 Å². The highest BCUT2D eigenvalue weighted by molar-refractivity contribution is 5.58. The molecule has 0 radical (unpaired) electrons. The molecular formula is C22H40N2. The topological polar surface area (TPSA) is 6.48 Å². The Labute approximate surface area is 151 Å². The predicted molar refractivity (Wildman–Crippen MR) is 110 cm³/mol. The monoisotopic (exact) mass is 332 g/mol. The van der Waals surface area contributed by atoms with E-state index < -0.39 is 0 Å². The van der Waals surface area contributed by atoms with Crippen molar-refractivity contribution < 1.29 is 0 Å². The van der Waals surface area contributed by atoms with Crippen molar-refractivity contribution in [2.45, 2.75) is 105 Å². The number of benzene rings is 1. The fourth-order valence-electron chi connectivity index (χ4n) is 3.47. The second-order valence-corrected chi connectivity index (χ2v) is 7.36. The molecule has 0 N–H and O–H groups in total. The molecule has 0 aliphatic carbocycles. The molecule has 0 spiro atoms. The fraction of sp³-hybridized carbons (Fsp3) is 0.727. The van der Waals surface area contributed by atoms with Crippen molar-refractivity contribution in [3.8, 4) is 0 Å². The lowest BCUT2D eigenvalue weighted by atomic mass is 10.1. The minimum atomic E-state index is 0.575. The number of hydrogen-bond acceptors (Lipinski definition) is 2. The van der Waals surface area contributed by atoms with Gasteiger partial charge in [0.25, 0.3) is 0 Å². The molecule has 0 heterocycles. The Kier molecular flexibility index (Phi) is 8.66. The number of anilines is 2. The summed E-state index contributed by atoms with van der Waals surface area (Å²) in [6, 6.07) is 11.6. The Bertz CT molecular complexity index is 391. The molecule has 0 saturated carbocycles. The Morgan fingerprint density at radius 1 is 0.542 bits per heavy atom. The van der Waals surface area contributed by atoms with Gasteiger partial charge >= 0.3 is 0 Å². The molecule has 2 nitrogen and oxygen atoms in total. The maximum atomic E-state index is 2.58. The van der Waals surface area contributed by atoms with E-state index in [-0.39, 0.29) is 0 Å². The third kappa shape index (κ3) is 4.91. The van der Waals surface area contributed by atoms with Crippen LogP contribution < -0.4 is 9.80 Å². The zero-order chi connectivity index (χ0) is 18.3. The molecule has 0 amide bonds. The molecule has 0 aliphatic heterocycles. The van der Waals surface area contributed by atoms with E-state index in [1.165, 1.54) is 37.1 Å². The number of nitrogens with zero attached hydrogens (tertiary/aromatic N) is 2. The standard InChI is InChI=1S/C22H40N2/c1-9-17(5)23(18(6)10-2)21-13-15-22(16-14-21)24(19(7)11-3)20(8)12-4/h13-20H,9-12H2,1-8H3. The molecule has 24 heavy (non-hydrogen) atoms. The van der Waals surface area contributed by atoms with Crippen molar-refractivity contribution >= 4 is 11.4 Å². The van der Waals surface area contributed by atoms with Crippen LogP contribution in [-0.4, -0.2) is 24.2 Å². The van der Waals surface area contributed by atoms with Gasteiger partial charge in [0.05, 0.1) is 0 Å². The summed E-state index contributed by atoms with van der Waals surface area (Å²) in [5.41, 5.74) is 2.71. The number of hydrogen-bond donors (Lipinski definition) is 0. The molecule has 1 rings (SSSR count). The predicted octanol–water partition coefficient (Wildman–Crippen LogP) is 6.49. The van der Waals surface area contributed by atoms with E-state index in [1.807, 2.05) is 0 Å². The lowest BCUT2D eigenvalue weighted by molar-refractivity contribution is 0.524. The molecule has 0 fully saturated rings. The summed E-state index contributed by atoms with van der Waals surface area (Å²) >= 11 is 0.